The number of carbonyl (C=O) groups is 2. The smallest absolute Gasteiger partial charge is 0.295 e. The summed E-state index contributed by atoms with van der Waals surface area (Å²) in [5.41, 5.74) is 1.46. The van der Waals surface area contributed by atoms with Crippen LogP contribution in [0.3, 0.4) is 0 Å². The Morgan fingerprint density at radius 2 is 2.04 bits per heavy atom. The van der Waals surface area contributed by atoms with Crippen LogP contribution in [0.4, 0.5) is 0 Å². The van der Waals surface area contributed by atoms with Crippen molar-refractivity contribution in [2.75, 3.05) is 34.3 Å². The first-order valence-electron chi connectivity index (χ1n) is 8.96. The number of amides is 1. The van der Waals surface area contributed by atoms with E-state index in [9.17, 15) is 14.7 Å². The first kappa shape index (κ1) is 20.1. The van der Waals surface area contributed by atoms with E-state index in [1.807, 2.05) is 43.4 Å². The van der Waals surface area contributed by atoms with Crippen LogP contribution in [0.5, 0.6) is 5.75 Å². The number of likely N-dealkylation sites (N-methyl/N-ethyl adjacent to an activating group) is 1. The maximum Gasteiger partial charge on any atom is 0.295 e. The molecular formula is C21H24N2O4S. The van der Waals surface area contributed by atoms with Gasteiger partial charge in [-0.1, -0.05) is 6.07 Å². The predicted molar refractivity (Wildman–Crippen MR) is 110 cm³/mol. The minimum Gasteiger partial charge on any atom is -0.507 e. The van der Waals surface area contributed by atoms with E-state index in [1.165, 1.54) is 11.3 Å². The molecule has 1 N–H and O–H groups in total. The van der Waals surface area contributed by atoms with Gasteiger partial charge in [-0.3, -0.25) is 9.59 Å². The molecule has 3 rings (SSSR count). The van der Waals surface area contributed by atoms with E-state index in [4.69, 9.17) is 4.74 Å². The van der Waals surface area contributed by atoms with Crippen LogP contribution < -0.4 is 4.74 Å². The molecule has 0 aliphatic carbocycles. The fourth-order valence-electron chi connectivity index (χ4n) is 3.34. The predicted octanol–water partition coefficient (Wildman–Crippen LogP) is 3.05. The average molecular weight is 401 g/mol. The van der Waals surface area contributed by atoms with Gasteiger partial charge in [0.05, 0.1) is 18.7 Å². The van der Waals surface area contributed by atoms with Crippen molar-refractivity contribution in [3.8, 4) is 5.75 Å². The lowest BCUT2D eigenvalue weighted by Crippen LogP contribution is -2.35. The summed E-state index contributed by atoms with van der Waals surface area (Å²) in [5, 5.41) is 12.9. The van der Waals surface area contributed by atoms with Crippen molar-refractivity contribution in [2.24, 2.45) is 0 Å². The minimum absolute atomic E-state index is 0.135. The zero-order valence-electron chi connectivity index (χ0n) is 16.4. The highest BCUT2D eigenvalue weighted by molar-refractivity contribution is 7.10. The van der Waals surface area contributed by atoms with E-state index >= 15 is 0 Å². The van der Waals surface area contributed by atoms with Gasteiger partial charge >= 0.3 is 0 Å². The maximum absolute atomic E-state index is 12.8. The van der Waals surface area contributed by atoms with Gasteiger partial charge in [-0.15, -0.1) is 11.3 Å². The lowest BCUT2D eigenvalue weighted by Gasteiger charge is -2.25. The minimum atomic E-state index is -0.650. The van der Waals surface area contributed by atoms with Crippen LogP contribution in [0, 0.1) is 6.92 Å². The molecule has 148 valence electrons. The summed E-state index contributed by atoms with van der Waals surface area (Å²) in [6.07, 6.45) is 0. The zero-order valence-corrected chi connectivity index (χ0v) is 17.2. The van der Waals surface area contributed by atoms with Crippen LogP contribution in [0.15, 0.2) is 41.3 Å². The molecule has 1 aromatic carbocycles. The Balaban J connectivity index is 2.10. The second kappa shape index (κ2) is 8.16. The van der Waals surface area contributed by atoms with Crippen molar-refractivity contribution in [2.45, 2.75) is 13.0 Å². The number of hydrogen-bond acceptors (Lipinski definition) is 6. The molecule has 1 atom stereocenters. The maximum atomic E-state index is 12.8. The van der Waals surface area contributed by atoms with E-state index in [0.717, 1.165) is 10.4 Å². The molecule has 0 spiro atoms. The first-order chi connectivity index (χ1) is 13.3. The van der Waals surface area contributed by atoms with Crippen molar-refractivity contribution in [1.82, 2.24) is 9.80 Å². The normalized spacial score (nSPS) is 18.9. The van der Waals surface area contributed by atoms with Crippen LogP contribution in [0.25, 0.3) is 5.76 Å². The molecule has 0 saturated carbocycles. The number of thiophene rings is 1. The first-order valence-corrected chi connectivity index (χ1v) is 9.84. The number of carbonyl (C=O) groups excluding carboxylic acids is 2. The Bertz CT molecular complexity index is 918. The number of hydrogen-bond donors (Lipinski definition) is 1. The second-order valence-electron chi connectivity index (χ2n) is 7.00. The fraction of sp³-hybridized carbons (Fsp3) is 0.333. The molecule has 1 saturated heterocycles. The van der Waals surface area contributed by atoms with E-state index in [-0.39, 0.29) is 11.3 Å². The zero-order chi connectivity index (χ0) is 20.4. The Morgan fingerprint density at radius 1 is 1.29 bits per heavy atom. The molecule has 1 aliphatic heterocycles. The van der Waals surface area contributed by atoms with Gasteiger partial charge in [-0.25, -0.2) is 0 Å². The summed E-state index contributed by atoms with van der Waals surface area (Å²) < 4.78 is 5.26. The third-order valence-corrected chi connectivity index (χ3v) is 5.73. The Kier molecular flexibility index (Phi) is 5.86. The summed E-state index contributed by atoms with van der Waals surface area (Å²) in [4.78, 5) is 29.9. The molecule has 6 nitrogen and oxygen atoms in total. The highest BCUT2D eigenvalue weighted by Crippen LogP contribution is 2.41. The van der Waals surface area contributed by atoms with Gasteiger partial charge in [0, 0.05) is 23.5 Å². The van der Waals surface area contributed by atoms with Crippen LogP contribution in [0.1, 0.15) is 22.0 Å². The quantitative estimate of drug-likeness (QED) is 0.459. The average Bonchev–Trinajstić information content (AvgIpc) is 3.27. The Labute approximate surface area is 168 Å². The van der Waals surface area contributed by atoms with Crippen LogP contribution in [-0.4, -0.2) is 60.9 Å². The summed E-state index contributed by atoms with van der Waals surface area (Å²) in [6, 6.07) is 8.38. The van der Waals surface area contributed by atoms with Gasteiger partial charge in [0.1, 0.15) is 11.5 Å². The molecular weight excluding hydrogens is 376 g/mol. The number of rotatable bonds is 6. The molecule has 0 bridgehead atoms. The van der Waals surface area contributed by atoms with Crippen LogP contribution in [0.2, 0.25) is 0 Å². The number of ketones is 1. The highest BCUT2D eigenvalue weighted by atomic mass is 32.1. The summed E-state index contributed by atoms with van der Waals surface area (Å²) in [5.74, 6) is -0.692. The van der Waals surface area contributed by atoms with Crippen LogP contribution >= 0.6 is 11.3 Å². The van der Waals surface area contributed by atoms with E-state index in [1.54, 1.807) is 30.2 Å². The highest BCUT2D eigenvalue weighted by Gasteiger charge is 2.46. The molecule has 1 fully saturated rings. The largest absolute Gasteiger partial charge is 0.507 e. The number of nitrogens with zero attached hydrogens (tertiary/aromatic N) is 2. The van der Waals surface area contributed by atoms with Crippen molar-refractivity contribution >= 4 is 28.8 Å². The Hall–Kier alpha value is -2.64. The lowest BCUT2D eigenvalue weighted by atomic mass is 9.99. The van der Waals surface area contributed by atoms with Gasteiger partial charge in [0.15, 0.2) is 0 Å². The summed E-state index contributed by atoms with van der Waals surface area (Å²) >= 11 is 1.46. The third-order valence-electron chi connectivity index (χ3n) is 4.81. The molecule has 28 heavy (non-hydrogen) atoms. The van der Waals surface area contributed by atoms with Gasteiger partial charge in [0.25, 0.3) is 11.7 Å². The monoisotopic (exact) mass is 400 g/mol. The number of likely N-dealkylation sites (tertiary alicyclic amines) is 1. The summed E-state index contributed by atoms with van der Waals surface area (Å²) in [7, 11) is 5.41. The number of Topliss-reactive ketones (excluding diaryl/α,β-unsaturated/α-hetero) is 1. The molecule has 0 radical (unpaired) electrons. The van der Waals surface area contributed by atoms with Crippen LogP contribution in [-0.2, 0) is 9.59 Å². The number of aryl methyl sites for hydroxylation is 1. The number of benzene rings is 1. The van der Waals surface area contributed by atoms with E-state index in [2.05, 4.69) is 0 Å². The molecule has 2 heterocycles. The molecule has 1 aliphatic rings. The number of ether oxygens (including phenoxy) is 1. The third kappa shape index (κ3) is 3.68. The molecule has 2 aromatic rings. The van der Waals surface area contributed by atoms with Crippen molar-refractivity contribution in [3.63, 3.8) is 0 Å². The molecule has 1 amide bonds. The van der Waals surface area contributed by atoms with Gasteiger partial charge in [0.2, 0.25) is 0 Å². The van der Waals surface area contributed by atoms with Gasteiger partial charge in [-0.2, -0.15) is 0 Å². The lowest BCUT2D eigenvalue weighted by molar-refractivity contribution is -0.140. The molecule has 1 aromatic heterocycles. The van der Waals surface area contributed by atoms with E-state index < -0.39 is 17.7 Å². The molecule has 7 heteroatoms. The Morgan fingerprint density at radius 3 is 2.61 bits per heavy atom. The SMILES string of the molecule is COc1ccc(/C(O)=C2\C(=O)C(=O)N(CCN(C)C)[C@H]2c2cccs2)cc1C. The van der Waals surface area contributed by atoms with Crippen molar-refractivity contribution < 1.29 is 19.4 Å². The standard InChI is InChI=1S/C21H24N2O4S/c1-13-12-14(7-8-15(13)27-4)19(24)17-18(16-6-5-11-28-16)23(10-9-22(2)3)21(26)20(17)25/h5-8,11-12,18,24H,9-10H2,1-4H3/b19-17+/t18-/m0/s1. The number of aliphatic hydroxyl groups excluding tert-OH is 1. The van der Waals surface area contributed by atoms with Gasteiger partial charge in [-0.05, 0) is 56.2 Å². The second-order valence-corrected chi connectivity index (χ2v) is 7.97. The van der Waals surface area contributed by atoms with Crippen molar-refractivity contribution in [3.05, 3.63) is 57.3 Å². The fourth-order valence-corrected chi connectivity index (χ4v) is 4.19. The van der Waals surface area contributed by atoms with E-state index in [0.29, 0.717) is 24.4 Å². The van der Waals surface area contributed by atoms with Crippen molar-refractivity contribution in [1.29, 1.82) is 0 Å². The number of aliphatic hydroxyl groups is 1. The topological polar surface area (TPSA) is 70.1 Å². The van der Waals surface area contributed by atoms with Gasteiger partial charge < -0.3 is 19.6 Å². The number of methoxy groups -OCH3 is 1. The molecule has 0 unspecified atom stereocenters. The summed E-state index contributed by atoms with van der Waals surface area (Å²) in [6.45, 7) is 2.89.